The smallest absolute Gasteiger partial charge is 0.413 e. The summed E-state index contributed by atoms with van der Waals surface area (Å²) >= 11 is 1.23. The summed E-state index contributed by atoms with van der Waals surface area (Å²) in [6, 6.07) is 0. The molecule has 1 heterocycles. The highest BCUT2D eigenvalue weighted by molar-refractivity contribution is 7.14. The molecule has 0 atom stereocenters. The molecule has 0 aliphatic carbocycles. The summed E-state index contributed by atoms with van der Waals surface area (Å²) in [6.45, 7) is 15.5. The Balaban J connectivity index is 2.74. The largest absolute Gasteiger partial charge is 0.457 e. The van der Waals surface area contributed by atoms with Gasteiger partial charge in [0.05, 0.1) is 0 Å². The van der Waals surface area contributed by atoms with Gasteiger partial charge in [-0.25, -0.2) is 14.6 Å². The highest BCUT2D eigenvalue weighted by Crippen LogP contribution is 2.20. The molecule has 0 bridgehead atoms. The third-order valence-corrected chi connectivity index (χ3v) is 3.54. The second kappa shape index (κ2) is 8.24. The third-order valence-electron chi connectivity index (χ3n) is 2.78. The van der Waals surface area contributed by atoms with Gasteiger partial charge in [0.1, 0.15) is 22.6 Å². The van der Waals surface area contributed by atoms with E-state index in [4.69, 9.17) is 14.3 Å². The number of rotatable bonds is 5. The lowest BCUT2D eigenvalue weighted by atomic mass is 10.1. The van der Waals surface area contributed by atoms with Crippen molar-refractivity contribution in [2.75, 3.05) is 5.32 Å². The average molecular weight is 400 g/mol. The number of carbonyl (C=O) groups excluding carboxylic acids is 2. The zero-order chi connectivity index (χ0) is 21.0. The summed E-state index contributed by atoms with van der Waals surface area (Å²) in [7, 11) is 0. The first kappa shape index (κ1) is 22.9. The molecule has 1 aromatic rings. The Kier molecular flexibility index (Phi) is 6.99. The predicted molar refractivity (Wildman–Crippen MR) is 105 cm³/mol. The van der Waals surface area contributed by atoms with E-state index in [0.717, 1.165) is 0 Å². The summed E-state index contributed by atoms with van der Waals surface area (Å²) in [6.07, 6.45) is -0.583. The maximum absolute atomic E-state index is 12.2. The molecular weight excluding hydrogens is 370 g/mol. The number of hydrogen-bond donors (Lipinski definition) is 1. The van der Waals surface area contributed by atoms with Gasteiger partial charge in [-0.3, -0.25) is 5.32 Å². The van der Waals surface area contributed by atoms with Gasteiger partial charge in [0.25, 0.3) is 0 Å². The van der Waals surface area contributed by atoms with Crippen LogP contribution in [0, 0.1) is 0 Å². The minimum Gasteiger partial charge on any atom is -0.457 e. The lowest BCUT2D eigenvalue weighted by Crippen LogP contribution is -2.40. The van der Waals surface area contributed by atoms with Crippen molar-refractivity contribution in [2.24, 2.45) is 5.16 Å². The van der Waals surface area contributed by atoms with E-state index in [2.05, 4.69) is 15.5 Å². The molecule has 8 nitrogen and oxygen atoms in total. The zero-order valence-corrected chi connectivity index (χ0v) is 18.2. The Labute approximate surface area is 164 Å². The Hall–Kier alpha value is -2.16. The van der Waals surface area contributed by atoms with Crippen LogP contribution in [0.5, 0.6) is 0 Å². The van der Waals surface area contributed by atoms with E-state index in [1.165, 1.54) is 11.3 Å². The third kappa shape index (κ3) is 8.38. The number of esters is 1. The fraction of sp³-hybridized carbons (Fsp3) is 0.667. The molecule has 1 aromatic heterocycles. The molecule has 0 aliphatic rings. The quantitative estimate of drug-likeness (QED) is 0.449. The maximum Gasteiger partial charge on any atom is 0.413 e. The van der Waals surface area contributed by atoms with Crippen LogP contribution >= 0.6 is 11.3 Å². The number of amides is 1. The SMILES string of the molecule is C/C(=N\OC(C)(C)C(=O)OC(C)(C)C)c1csc(NC(=O)OC(C)(C)C)n1. The van der Waals surface area contributed by atoms with Crippen molar-refractivity contribution in [3.05, 3.63) is 11.1 Å². The molecule has 0 unspecified atom stereocenters. The summed E-state index contributed by atoms with van der Waals surface area (Å²) < 4.78 is 10.5. The molecular formula is C18H29N3O5S. The van der Waals surface area contributed by atoms with Crippen molar-refractivity contribution < 1.29 is 23.9 Å². The number of aromatic nitrogens is 1. The molecule has 0 saturated heterocycles. The van der Waals surface area contributed by atoms with Crippen LogP contribution in [-0.2, 0) is 19.1 Å². The van der Waals surface area contributed by atoms with Crippen LogP contribution in [0.25, 0.3) is 0 Å². The number of ether oxygens (including phenoxy) is 2. The van der Waals surface area contributed by atoms with Gasteiger partial charge in [0.15, 0.2) is 5.13 Å². The maximum atomic E-state index is 12.2. The van der Waals surface area contributed by atoms with Crippen molar-refractivity contribution in [3.63, 3.8) is 0 Å². The van der Waals surface area contributed by atoms with Gasteiger partial charge in [-0.05, 0) is 62.3 Å². The van der Waals surface area contributed by atoms with Crippen LogP contribution in [0.4, 0.5) is 9.93 Å². The first-order valence-electron chi connectivity index (χ1n) is 8.51. The Morgan fingerprint density at radius 1 is 1.04 bits per heavy atom. The van der Waals surface area contributed by atoms with Gasteiger partial charge >= 0.3 is 12.1 Å². The molecule has 0 spiro atoms. The van der Waals surface area contributed by atoms with E-state index < -0.39 is 28.9 Å². The zero-order valence-electron chi connectivity index (χ0n) is 17.4. The number of nitrogens with zero attached hydrogens (tertiary/aromatic N) is 2. The molecule has 152 valence electrons. The topological polar surface area (TPSA) is 99.1 Å². The number of nitrogens with one attached hydrogen (secondary N) is 1. The van der Waals surface area contributed by atoms with Crippen molar-refractivity contribution in [2.45, 2.75) is 79.1 Å². The predicted octanol–water partition coefficient (Wildman–Crippen LogP) is 4.35. The van der Waals surface area contributed by atoms with Gasteiger partial charge in [-0.15, -0.1) is 11.3 Å². The van der Waals surface area contributed by atoms with E-state index in [1.54, 1.807) is 67.7 Å². The van der Waals surface area contributed by atoms with Crippen LogP contribution in [0.15, 0.2) is 10.5 Å². The standard InChI is InChI=1S/C18H29N3O5S/c1-11(21-26-18(8,9)13(22)24-16(2,3)4)12-10-27-14(19-12)20-15(23)25-17(5,6)7/h10H,1-9H3,(H,19,20,23)/b21-11+. The monoisotopic (exact) mass is 399 g/mol. The van der Waals surface area contributed by atoms with Crippen molar-refractivity contribution in [1.29, 1.82) is 0 Å². The number of carbonyl (C=O) groups is 2. The van der Waals surface area contributed by atoms with Gasteiger partial charge in [-0.1, -0.05) is 5.16 Å². The first-order valence-corrected chi connectivity index (χ1v) is 9.39. The fourth-order valence-corrected chi connectivity index (χ4v) is 2.30. The molecule has 1 rings (SSSR count). The van der Waals surface area contributed by atoms with Gasteiger partial charge in [-0.2, -0.15) is 0 Å². The fourth-order valence-electron chi connectivity index (χ4n) is 1.56. The molecule has 9 heteroatoms. The molecule has 0 saturated carbocycles. The minimum absolute atomic E-state index is 0.375. The summed E-state index contributed by atoms with van der Waals surface area (Å²) in [4.78, 5) is 33.6. The molecule has 0 fully saturated rings. The lowest BCUT2D eigenvalue weighted by Gasteiger charge is -2.26. The normalized spacial score (nSPS) is 13.1. The molecule has 27 heavy (non-hydrogen) atoms. The van der Waals surface area contributed by atoms with E-state index in [-0.39, 0.29) is 0 Å². The van der Waals surface area contributed by atoms with Crippen molar-refractivity contribution in [3.8, 4) is 0 Å². The summed E-state index contributed by atoms with van der Waals surface area (Å²) in [5, 5.41) is 8.64. The van der Waals surface area contributed by atoms with Crippen LogP contribution in [0.2, 0.25) is 0 Å². The van der Waals surface area contributed by atoms with E-state index >= 15 is 0 Å². The number of thiazole rings is 1. The van der Waals surface area contributed by atoms with E-state index in [1.807, 2.05) is 0 Å². The lowest BCUT2D eigenvalue weighted by molar-refractivity contribution is -0.179. The molecule has 1 amide bonds. The Morgan fingerprint density at radius 3 is 2.11 bits per heavy atom. The highest BCUT2D eigenvalue weighted by Gasteiger charge is 2.35. The van der Waals surface area contributed by atoms with E-state index in [0.29, 0.717) is 16.5 Å². The second-order valence-corrected chi connectivity index (χ2v) is 9.30. The molecule has 1 N–H and O–H groups in total. The summed E-state index contributed by atoms with van der Waals surface area (Å²) in [5.41, 5.74) is -1.48. The Bertz CT molecular complexity index is 711. The minimum atomic E-state index is -1.25. The van der Waals surface area contributed by atoms with Gasteiger partial charge < -0.3 is 14.3 Å². The number of hydrogen-bond acceptors (Lipinski definition) is 8. The second-order valence-electron chi connectivity index (χ2n) is 8.44. The van der Waals surface area contributed by atoms with Gasteiger partial charge in [0, 0.05) is 5.38 Å². The molecule has 0 radical (unpaired) electrons. The van der Waals surface area contributed by atoms with Crippen LogP contribution in [0.3, 0.4) is 0 Å². The number of anilines is 1. The average Bonchev–Trinajstić information content (AvgIpc) is 2.89. The Morgan fingerprint density at radius 2 is 1.59 bits per heavy atom. The number of oxime groups is 1. The van der Waals surface area contributed by atoms with Crippen molar-refractivity contribution >= 4 is 34.2 Å². The highest BCUT2D eigenvalue weighted by atomic mass is 32.1. The van der Waals surface area contributed by atoms with Crippen LogP contribution < -0.4 is 5.32 Å². The van der Waals surface area contributed by atoms with Crippen molar-refractivity contribution in [1.82, 2.24) is 4.98 Å². The first-order chi connectivity index (χ1) is 12.1. The van der Waals surface area contributed by atoms with Crippen LogP contribution in [0.1, 0.15) is 68.0 Å². The van der Waals surface area contributed by atoms with E-state index in [9.17, 15) is 9.59 Å². The van der Waals surface area contributed by atoms with Gasteiger partial charge in [0.2, 0.25) is 5.60 Å². The molecule has 0 aliphatic heterocycles. The molecule has 0 aromatic carbocycles. The van der Waals surface area contributed by atoms with Crippen LogP contribution in [-0.4, -0.2) is 39.6 Å². The summed E-state index contributed by atoms with van der Waals surface area (Å²) in [5.74, 6) is -0.517.